The quantitative estimate of drug-likeness (QED) is 0.343. The zero-order chi connectivity index (χ0) is 14.3. The first-order chi connectivity index (χ1) is 9.06. The highest BCUT2D eigenvalue weighted by Gasteiger charge is 1.93. The molecule has 1 heterocycles. The van der Waals surface area contributed by atoms with Crippen molar-refractivity contribution in [2.75, 3.05) is 7.05 Å². The third kappa shape index (κ3) is 4.38. The average Bonchev–Trinajstić information content (AvgIpc) is 2.69. The summed E-state index contributed by atoms with van der Waals surface area (Å²) in [6.45, 7) is 5.68. The van der Waals surface area contributed by atoms with Gasteiger partial charge in [0, 0.05) is 39.7 Å². The van der Waals surface area contributed by atoms with Gasteiger partial charge in [0.1, 0.15) is 5.82 Å². The van der Waals surface area contributed by atoms with Gasteiger partial charge in [0.15, 0.2) is 6.34 Å². The summed E-state index contributed by atoms with van der Waals surface area (Å²) >= 11 is 0. The molecule has 0 amide bonds. The number of aromatic nitrogens is 2. The maximum absolute atomic E-state index is 4.03. The predicted octanol–water partition coefficient (Wildman–Crippen LogP) is 1.60. The number of rotatable bonds is 5. The molecule has 0 unspecified atom stereocenters. The third-order valence-corrected chi connectivity index (χ3v) is 2.35. The standard InChI is InChI=1S/C12H19N7/c1-6-7-17(3)11(2)15-13-10-14-16-12-18(4)8-9-19(12)5/h6-10H,2H2,1,3-5H3/b7-6-,14-10+,15-13+. The largest absolute Gasteiger partial charge is 0.335 e. The normalized spacial score (nSPS) is 11.8. The van der Waals surface area contributed by atoms with Crippen molar-refractivity contribution in [2.24, 2.45) is 34.5 Å². The Bertz CT molecular complexity index is 549. The molecule has 0 spiro atoms. The Hall–Kier alpha value is -2.44. The molecule has 102 valence electrons. The van der Waals surface area contributed by atoms with Gasteiger partial charge in [-0.15, -0.1) is 20.4 Å². The number of allylic oxidation sites excluding steroid dienone is 1. The molecule has 7 nitrogen and oxygen atoms in total. The molecule has 19 heavy (non-hydrogen) atoms. The van der Waals surface area contributed by atoms with Gasteiger partial charge in [0.05, 0.1) is 0 Å². The summed E-state index contributed by atoms with van der Waals surface area (Å²) in [6, 6.07) is 0. The van der Waals surface area contributed by atoms with Crippen LogP contribution in [0.25, 0.3) is 0 Å². The van der Waals surface area contributed by atoms with E-state index in [2.05, 4.69) is 27.0 Å². The van der Waals surface area contributed by atoms with Crippen molar-refractivity contribution in [1.82, 2.24) is 14.0 Å². The summed E-state index contributed by atoms with van der Waals surface area (Å²) < 4.78 is 3.71. The average molecular weight is 261 g/mol. The minimum atomic E-state index is 0.522. The molecule has 0 aromatic carbocycles. The Morgan fingerprint density at radius 2 is 1.95 bits per heavy atom. The van der Waals surface area contributed by atoms with E-state index in [0.29, 0.717) is 5.82 Å². The number of hydrogen-bond acceptors (Lipinski definition) is 4. The van der Waals surface area contributed by atoms with E-state index in [-0.39, 0.29) is 0 Å². The lowest BCUT2D eigenvalue weighted by molar-refractivity contribution is 0.556. The number of azo groups is 1. The lowest BCUT2D eigenvalue weighted by Crippen LogP contribution is -2.20. The molecule has 1 aromatic rings. The van der Waals surface area contributed by atoms with E-state index in [1.807, 2.05) is 61.9 Å². The van der Waals surface area contributed by atoms with Gasteiger partial charge in [-0.3, -0.25) is 0 Å². The zero-order valence-corrected chi connectivity index (χ0v) is 11.7. The monoisotopic (exact) mass is 261 g/mol. The molecule has 0 radical (unpaired) electrons. The SMILES string of the molecule is C=C(/N=N/C=N/N=c1n(C)ccn1C)N(C)/C=C\C. The number of aryl methyl sites for hydroxylation is 2. The number of imidazole rings is 1. The Morgan fingerprint density at radius 1 is 1.32 bits per heavy atom. The highest BCUT2D eigenvalue weighted by Crippen LogP contribution is 2.00. The maximum atomic E-state index is 4.03. The second-order valence-corrected chi connectivity index (χ2v) is 3.88. The first-order valence-electron chi connectivity index (χ1n) is 5.75. The van der Waals surface area contributed by atoms with E-state index < -0.39 is 0 Å². The van der Waals surface area contributed by atoms with E-state index in [0.717, 1.165) is 5.62 Å². The molecule has 1 aromatic heterocycles. The van der Waals surface area contributed by atoms with Crippen LogP contribution in [0.1, 0.15) is 6.92 Å². The molecular weight excluding hydrogens is 242 g/mol. The van der Waals surface area contributed by atoms with Crippen molar-refractivity contribution in [3.05, 3.63) is 42.7 Å². The summed E-state index contributed by atoms with van der Waals surface area (Å²) in [5.41, 5.74) is 0.719. The first kappa shape index (κ1) is 14.6. The lowest BCUT2D eigenvalue weighted by Gasteiger charge is -2.10. The van der Waals surface area contributed by atoms with Crippen LogP contribution in [0.15, 0.2) is 57.5 Å². The molecule has 0 atom stereocenters. The van der Waals surface area contributed by atoms with Crippen LogP contribution in [-0.2, 0) is 14.1 Å². The van der Waals surface area contributed by atoms with Crippen LogP contribution in [0.5, 0.6) is 0 Å². The van der Waals surface area contributed by atoms with Gasteiger partial charge in [-0.2, -0.15) is 0 Å². The van der Waals surface area contributed by atoms with E-state index in [1.165, 1.54) is 6.34 Å². The summed E-state index contributed by atoms with van der Waals surface area (Å²) in [5, 5.41) is 15.5. The molecule has 0 bridgehead atoms. The fourth-order valence-corrected chi connectivity index (χ4v) is 1.30. The molecule has 0 saturated carbocycles. The summed E-state index contributed by atoms with van der Waals surface area (Å²) in [6.07, 6.45) is 8.79. The Morgan fingerprint density at radius 3 is 2.53 bits per heavy atom. The van der Waals surface area contributed by atoms with Crippen LogP contribution in [-0.4, -0.2) is 27.4 Å². The molecule has 0 aliphatic heterocycles. The van der Waals surface area contributed by atoms with E-state index in [9.17, 15) is 0 Å². The highest BCUT2D eigenvalue weighted by atomic mass is 15.3. The lowest BCUT2D eigenvalue weighted by atomic mass is 10.6. The molecule has 0 aliphatic rings. The molecule has 0 saturated heterocycles. The van der Waals surface area contributed by atoms with Crippen molar-refractivity contribution in [3.8, 4) is 0 Å². The van der Waals surface area contributed by atoms with Crippen LogP contribution >= 0.6 is 0 Å². The van der Waals surface area contributed by atoms with Crippen LogP contribution < -0.4 is 5.62 Å². The summed E-state index contributed by atoms with van der Waals surface area (Å²) in [4.78, 5) is 1.76. The first-order valence-corrected chi connectivity index (χ1v) is 5.75. The van der Waals surface area contributed by atoms with Crippen molar-refractivity contribution in [1.29, 1.82) is 0 Å². The Balaban J connectivity index is 2.65. The minimum absolute atomic E-state index is 0.522. The van der Waals surface area contributed by atoms with Gasteiger partial charge in [-0.25, -0.2) is 0 Å². The van der Waals surface area contributed by atoms with Crippen molar-refractivity contribution in [2.45, 2.75) is 6.92 Å². The highest BCUT2D eigenvalue weighted by molar-refractivity contribution is 5.54. The molecule has 7 heteroatoms. The summed E-state index contributed by atoms with van der Waals surface area (Å²) in [7, 11) is 5.63. The summed E-state index contributed by atoms with van der Waals surface area (Å²) in [5.74, 6) is 0.522. The minimum Gasteiger partial charge on any atom is -0.335 e. The van der Waals surface area contributed by atoms with Crippen LogP contribution in [0.4, 0.5) is 0 Å². The predicted molar refractivity (Wildman–Crippen MR) is 75.0 cm³/mol. The number of hydrogen-bond donors (Lipinski definition) is 0. The zero-order valence-electron chi connectivity index (χ0n) is 11.7. The Labute approximate surface area is 112 Å². The Kier molecular flexibility index (Phi) is 5.46. The van der Waals surface area contributed by atoms with Crippen molar-refractivity contribution >= 4 is 6.34 Å². The third-order valence-electron chi connectivity index (χ3n) is 2.35. The second kappa shape index (κ2) is 7.10. The van der Waals surface area contributed by atoms with Gasteiger partial charge in [-0.1, -0.05) is 12.7 Å². The molecule has 0 N–H and O–H groups in total. The number of nitrogens with zero attached hydrogens (tertiary/aromatic N) is 7. The van der Waals surface area contributed by atoms with Crippen molar-refractivity contribution < 1.29 is 0 Å². The topological polar surface area (TPSA) is 62.5 Å². The second-order valence-electron chi connectivity index (χ2n) is 3.88. The van der Waals surface area contributed by atoms with Gasteiger partial charge >= 0.3 is 0 Å². The molecule has 1 rings (SSSR count). The van der Waals surface area contributed by atoms with Gasteiger partial charge in [-0.05, 0) is 6.92 Å². The maximum Gasteiger partial charge on any atom is 0.229 e. The van der Waals surface area contributed by atoms with E-state index >= 15 is 0 Å². The van der Waals surface area contributed by atoms with E-state index in [1.54, 1.807) is 4.90 Å². The molecule has 0 fully saturated rings. The van der Waals surface area contributed by atoms with Crippen LogP contribution in [0.3, 0.4) is 0 Å². The van der Waals surface area contributed by atoms with Gasteiger partial charge < -0.3 is 14.0 Å². The van der Waals surface area contributed by atoms with E-state index in [4.69, 9.17) is 0 Å². The molecular formula is C12H19N7. The fourth-order valence-electron chi connectivity index (χ4n) is 1.30. The smallest absolute Gasteiger partial charge is 0.229 e. The van der Waals surface area contributed by atoms with Gasteiger partial charge in [0.2, 0.25) is 5.62 Å². The van der Waals surface area contributed by atoms with Crippen LogP contribution in [0.2, 0.25) is 0 Å². The molecule has 0 aliphatic carbocycles. The van der Waals surface area contributed by atoms with Gasteiger partial charge in [0.25, 0.3) is 0 Å². The fraction of sp³-hybridized carbons (Fsp3) is 0.333. The van der Waals surface area contributed by atoms with Crippen LogP contribution in [0, 0.1) is 0 Å². The van der Waals surface area contributed by atoms with Crippen molar-refractivity contribution in [3.63, 3.8) is 0 Å².